The molecule has 0 saturated carbocycles. The van der Waals surface area contributed by atoms with Crippen LogP contribution in [-0.4, -0.2) is 10.9 Å². The van der Waals surface area contributed by atoms with Crippen molar-refractivity contribution < 1.29 is 9.18 Å². The third-order valence-electron chi connectivity index (χ3n) is 2.13. The predicted octanol–water partition coefficient (Wildman–Crippen LogP) is 3.89. The highest BCUT2D eigenvalue weighted by Gasteiger charge is 2.11. The van der Waals surface area contributed by atoms with Gasteiger partial charge in [0.2, 0.25) is 5.95 Å². The highest BCUT2D eigenvalue weighted by Crippen LogP contribution is 2.22. The van der Waals surface area contributed by atoms with Crippen molar-refractivity contribution in [3.8, 4) is 0 Å². The number of hydrogen-bond donors (Lipinski definition) is 1. The second kappa shape index (κ2) is 5.46. The minimum absolute atomic E-state index is 0.154. The van der Waals surface area contributed by atoms with Crippen LogP contribution < -0.4 is 5.32 Å². The Hall–Kier alpha value is -1.46. The third kappa shape index (κ3) is 3.05. The van der Waals surface area contributed by atoms with Gasteiger partial charge in [0.05, 0.1) is 5.56 Å². The fourth-order valence-corrected chi connectivity index (χ4v) is 2.20. The Labute approximate surface area is 116 Å². The topological polar surface area (TPSA) is 42.0 Å². The number of benzene rings is 1. The number of aromatic nitrogens is 1. The van der Waals surface area contributed by atoms with Crippen LogP contribution in [-0.2, 0) is 0 Å². The van der Waals surface area contributed by atoms with Crippen LogP contribution in [0.25, 0.3) is 0 Å². The predicted molar refractivity (Wildman–Crippen MR) is 71.3 cm³/mol. The van der Waals surface area contributed by atoms with Gasteiger partial charge in [-0.2, -0.15) is 4.39 Å². The summed E-state index contributed by atoms with van der Waals surface area (Å²) in [5, 5.41) is 3.01. The van der Waals surface area contributed by atoms with Crippen molar-refractivity contribution in [1.82, 2.24) is 4.98 Å². The average molecular weight is 330 g/mol. The van der Waals surface area contributed by atoms with E-state index in [0.29, 0.717) is 15.1 Å². The normalized spacial score (nSPS) is 10.2. The van der Waals surface area contributed by atoms with Crippen molar-refractivity contribution in [2.75, 3.05) is 5.32 Å². The summed E-state index contributed by atoms with van der Waals surface area (Å²) < 4.78 is 13.4. The molecule has 0 aliphatic rings. The third-order valence-corrected chi connectivity index (χ3v) is 3.02. The van der Waals surface area contributed by atoms with Crippen LogP contribution in [0.4, 0.5) is 10.2 Å². The second-order valence-corrected chi connectivity index (χ2v) is 4.71. The molecule has 0 bridgehead atoms. The molecule has 6 heteroatoms. The van der Waals surface area contributed by atoms with Gasteiger partial charge < -0.3 is 5.32 Å². The minimum atomic E-state index is -0.650. The first kappa shape index (κ1) is 13.0. The Morgan fingerprint density at radius 1 is 1.33 bits per heavy atom. The van der Waals surface area contributed by atoms with Crippen LogP contribution in [0.2, 0.25) is 5.02 Å². The molecule has 18 heavy (non-hydrogen) atoms. The molecule has 0 radical (unpaired) electrons. The van der Waals surface area contributed by atoms with Crippen LogP contribution in [0, 0.1) is 5.95 Å². The fraction of sp³-hybridized carbons (Fsp3) is 0. The van der Waals surface area contributed by atoms with Crippen LogP contribution in [0.15, 0.2) is 40.9 Å². The van der Waals surface area contributed by atoms with E-state index in [-0.39, 0.29) is 5.82 Å². The number of nitrogens with zero attached hydrogens (tertiary/aromatic N) is 1. The zero-order valence-electron chi connectivity index (χ0n) is 8.95. The van der Waals surface area contributed by atoms with Crippen molar-refractivity contribution in [3.63, 3.8) is 0 Å². The molecule has 0 atom stereocenters. The van der Waals surface area contributed by atoms with Crippen LogP contribution in [0.1, 0.15) is 10.4 Å². The van der Waals surface area contributed by atoms with E-state index in [1.807, 2.05) is 0 Å². The SMILES string of the molecule is O=C(Nc1cccc(F)n1)c1ccc(Cl)cc1Br. The first-order valence-corrected chi connectivity index (χ1v) is 6.12. The lowest BCUT2D eigenvalue weighted by atomic mass is 10.2. The summed E-state index contributed by atoms with van der Waals surface area (Å²) in [5.74, 6) is -0.888. The van der Waals surface area contributed by atoms with Crippen LogP contribution >= 0.6 is 27.5 Å². The van der Waals surface area contributed by atoms with Crippen LogP contribution in [0.3, 0.4) is 0 Å². The molecule has 1 N–H and O–H groups in total. The van der Waals surface area contributed by atoms with E-state index in [1.54, 1.807) is 18.2 Å². The number of amides is 1. The molecule has 1 amide bonds. The monoisotopic (exact) mass is 328 g/mol. The molecule has 92 valence electrons. The fourth-order valence-electron chi connectivity index (χ4n) is 1.34. The number of hydrogen-bond acceptors (Lipinski definition) is 2. The maximum absolute atomic E-state index is 12.9. The van der Waals surface area contributed by atoms with E-state index in [0.717, 1.165) is 0 Å². The van der Waals surface area contributed by atoms with Gasteiger partial charge in [-0.25, -0.2) is 4.98 Å². The largest absolute Gasteiger partial charge is 0.306 e. The minimum Gasteiger partial charge on any atom is -0.306 e. The molecular weight excluding hydrogens is 322 g/mol. The van der Waals surface area contributed by atoms with Gasteiger partial charge in [0.1, 0.15) is 5.82 Å². The standard InChI is InChI=1S/C12H7BrClFN2O/c13-9-6-7(14)4-5-8(9)12(18)17-11-3-1-2-10(15)16-11/h1-6H,(H,16,17,18). The molecule has 1 heterocycles. The zero-order valence-corrected chi connectivity index (χ0v) is 11.3. The zero-order chi connectivity index (χ0) is 13.1. The first-order chi connectivity index (χ1) is 8.56. The summed E-state index contributed by atoms with van der Waals surface area (Å²) in [5.41, 5.74) is 0.394. The number of carbonyl (C=O) groups excluding carboxylic acids is 1. The first-order valence-electron chi connectivity index (χ1n) is 4.95. The highest BCUT2D eigenvalue weighted by molar-refractivity contribution is 9.10. The average Bonchev–Trinajstić information content (AvgIpc) is 2.28. The Morgan fingerprint density at radius 3 is 2.78 bits per heavy atom. The molecule has 0 saturated heterocycles. The van der Waals surface area contributed by atoms with Gasteiger partial charge in [-0.05, 0) is 46.3 Å². The number of carbonyl (C=O) groups is 1. The van der Waals surface area contributed by atoms with Crippen molar-refractivity contribution in [1.29, 1.82) is 0 Å². The van der Waals surface area contributed by atoms with Crippen molar-refractivity contribution in [2.45, 2.75) is 0 Å². The molecular formula is C12H7BrClFN2O. The van der Waals surface area contributed by atoms with Gasteiger partial charge >= 0.3 is 0 Å². The lowest BCUT2D eigenvalue weighted by Gasteiger charge is -2.06. The number of anilines is 1. The summed E-state index contributed by atoms with van der Waals surface area (Å²) in [6.45, 7) is 0. The summed E-state index contributed by atoms with van der Waals surface area (Å²) in [6, 6.07) is 8.95. The Balaban J connectivity index is 2.22. The maximum Gasteiger partial charge on any atom is 0.257 e. The van der Waals surface area contributed by atoms with Crippen LogP contribution in [0.5, 0.6) is 0 Å². The number of rotatable bonds is 2. The molecule has 2 aromatic rings. The Bertz CT molecular complexity index is 606. The smallest absolute Gasteiger partial charge is 0.257 e. The van der Waals surface area contributed by atoms with Crippen molar-refractivity contribution in [3.05, 3.63) is 57.4 Å². The quantitative estimate of drug-likeness (QED) is 0.849. The van der Waals surface area contributed by atoms with Gasteiger partial charge in [0.15, 0.2) is 0 Å². The molecule has 1 aromatic heterocycles. The molecule has 3 nitrogen and oxygen atoms in total. The van der Waals surface area contributed by atoms with Gasteiger partial charge in [-0.1, -0.05) is 17.7 Å². The number of halogens is 3. The van der Waals surface area contributed by atoms with Gasteiger partial charge in [0, 0.05) is 9.50 Å². The molecule has 0 unspecified atom stereocenters. The Morgan fingerprint density at radius 2 is 2.11 bits per heavy atom. The molecule has 0 aliphatic heterocycles. The lowest BCUT2D eigenvalue weighted by molar-refractivity contribution is 0.102. The van der Waals surface area contributed by atoms with E-state index in [1.165, 1.54) is 18.2 Å². The Kier molecular flexibility index (Phi) is 3.93. The summed E-state index contributed by atoms with van der Waals surface area (Å²) in [4.78, 5) is 15.5. The molecule has 0 fully saturated rings. The highest BCUT2D eigenvalue weighted by atomic mass is 79.9. The van der Waals surface area contributed by atoms with E-state index in [2.05, 4.69) is 26.2 Å². The summed E-state index contributed by atoms with van der Waals surface area (Å²) in [7, 11) is 0. The van der Waals surface area contributed by atoms with E-state index < -0.39 is 11.9 Å². The van der Waals surface area contributed by atoms with E-state index in [9.17, 15) is 9.18 Å². The summed E-state index contributed by atoms with van der Waals surface area (Å²) in [6.07, 6.45) is 0. The van der Waals surface area contributed by atoms with Gasteiger partial charge in [-0.3, -0.25) is 4.79 Å². The van der Waals surface area contributed by atoms with Gasteiger partial charge in [-0.15, -0.1) is 0 Å². The molecule has 0 aliphatic carbocycles. The molecule has 1 aromatic carbocycles. The lowest BCUT2D eigenvalue weighted by Crippen LogP contribution is -2.13. The van der Waals surface area contributed by atoms with Crippen molar-refractivity contribution in [2.24, 2.45) is 0 Å². The van der Waals surface area contributed by atoms with E-state index >= 15 is 0 Å². The van der Waals surface area contributed by atoms with Crippen molar-refractivity contribution >= 4 is 39.3 Å². The maximum atomic E-state index is 12.9. The number of pyridine rings is 1. The van der Waals surface area contributed by atoms with E-state index in [4.69, 9.17) is 11.6 Å². The van der Waals surface area contributed by atoms with Gasteiger partial charge in [0.25, 0.3) is 5.91 Å². The molecule has 0 spiro atoms. The summed E-state index contributed by atoms with van der Waals surface area (Å²) >= 11 is 9.01. The molecule has 2 rings (SSSR count). The number of nitrogens with one attached hydrogen (secondary N) is 1. The second-order valence-electron chi connectivity index (χ2n) is 3.42.